The van der Waals surface area contributed by atoms with Gasteiger partial charge in [-0.05, 0) is 30.3 Å². The molecule has 4 nitrogen and oxygen atoms in total. The lowest BCUT2D eigenvalue weighted by molar-refractivity contribution is 0.474. The molecule has 1 aromatic heterocycles. The maximum Gasteiger partial charge on any atom is 0.231 e. The average Bonchev–Trinajstić information content (AvgIpc) is 2.95. The van der Waals surface area contributed by atoms with Crippen molar-refractivity contribution in [1.29, 1.82) is 0 Å². The Morgan fingerprint density at radius 3 is 2.68 bits per heavy atom. The molecule has 0 fully saturated rings. The van der Waals surface area contributed by atoms with Crippen molar-refractivity contribution < 1.29 is 5.11 Å². The normalized spacial score (nSPS) is 11.2. The SMILES string of the molecule is Oc1ccccc1/C=N/c1nnc(-c2ccc(Cl)cc2Cl)s1. The highest BCUT2D eigenvalue weighted by Crippen LogP contribution is 2.34. The Kier molecular flexibility index (Phi) is 4.38. The Bertz CT molecular complexity index is 848. The molecule has 0 amide bonds. The average molecular weight is 350 g/mol. The van der Waals surface area contributed by atoms with Crippen LogP contribution in [0.5, 0.6) is 5.75 Å². The van der Waals surface area contributed by atoms with Gasteiger partial charge in [-0.1, -0.05) is 46.7 Å². The van der Waals surface area contributed by atoms with E-state index < -0.39 is 0 Å². The lowest BCUT2D eigenvalue weighted by Crippen LogP contribution is -1.80. The molecule has 0 atom stereocenters. The fraction of sp³-hybridized carbons (Fsp3) is 0. The Labute approximate surface area is 140 Å². The van der Waals surface area contributed by atoms with Crippen molar-refractivity contribution in [2.45, 2.75) is 0 Å². The first-order chi connectivity index (χ1) is 10.6. The predicted molar refractivity (Wildman–Crippen MR) is 90.7 cm³/mol. The molecule has 2 aromatic carbocycles. The molecule has 110 valence electrons. The summed E-state index contributed by atoms with van der Waals surface area (Å²) in [6, 6.07) is 12.1. The molecular weight excluding hydrogens is 341 g/mol. The van der Waals surface area contributed by atoms with Crippen LogP contribution in [0.15, 0.2) is 47.5 Å². The molecule has 22 heavy (non-hydrogen) atoms. The van der Waals surface area contributed by atoms with Crippen LogP contribution in [0.1, 0.15) is 5.56 Å². The Morgan fingerprint density at radius 2 is 1.91 bits per heavy atom. The van der Waals surface area contributed by atoms with Gasteiger partial charge in [-0.2, -0.15) is 0 Å². The Morgan fingerprint density at radius 1 is 1.09 bits per heavy atom. The monoisotopic (exact) mass is 349 g/mol. The minimum absolute atomic E-state index is 0.164. The molecule has 0 saturated carbocycles. The topological polar surface area (TPSA) is 58.4 Å². The van der Waals surface area contributed by atoms with E-state index in [1.807, 2.05) is 6.07 Å². The molecule has 3 rings (SSSR count). The first kappa shape index (κ1) is 15.0. The number of rotatable bonds is 3. The number of aromatic nitrogens is 2. The van der Waals surface area contributed by atoms with Gasteiger partial charge in [-0.15, -0.1) is 10.2 Å². The van der Waals surface area contributed by atoms with Crippen LogP contribution in [0.4, 0.5) is 5.13 Å². The van der Waals surface area contributed by atoms with E-state index in [4.69, 9.17) is 23.2 Å². The van der Waals surface area contributed by atoms with Gasteiger partial charge in [0.05, 0.1) is 5.02 Å². The number of aliphatic imine (C=N–C) groups is 1. The van der Waals surface area contributed by atoms with E-state index in [1.165, 1.54) is 11.3 Å². The van der Waals surface area contributed by atoms with E-state index in [9.17, 15) is 5.11 Å². The largest absolute Gasteiger partial charge is 0.507 e. The molecule has 0 aliphatic heterocycles. The van der Waals surface area contributed by atoms with Crippen molar-refractivity contribution in [2.75, 3.05) is 0 Å². The maximum absolute atomic E-state index is 9.68. The molecule has 3 aromatic rings. The number of nitrogens with zero attached hydrogens (tertiary/aromatic N) is 3. The van der Waals surface area contributed by atoms with Crippen molar-refractivity contribution in [1.82, 2.24) is 10.2 Å². The number of para-hydroxylation sites is 1. The van der Waals surface area contributed by atoms with E-state index in [0.29, 0.717) is 25.7 Å². The van der Waals surface area contributed by atoms with Crippen molar-refractivity contribution in [3.8, 4) is 16.3 Å². The molecule has 1 N–H and O–H groups in total. The fourth-order valence-corrected chi connectivity index (χ4v) is 3.04. The standard InChI is InChI=1S/C15H9Cl2N3OS/c16-10-5-6-11(12(17)7-10)14-19-20-15(22-14)18-8-9-3-1-2-4-13(9)21/h1-8,21H/b18-8+. The first-order valence-electron chi connectivity index (χ1n) is 6.24. The second-order valence-electron chi connectivity index (χ2n) is 4.33. The molecule has 0 unspecified atom stereocenters. The van der Waals surface area contributed by atoms with Crippen LogP contribution < -0.4 is 0 Å². The molecule has 0 bridgehead atoms. The molecule has 0 saturated heterocycles. The van der Waals surface area contributed by atoms with Gasteiger partial charge in [0.25, 0.3) is 0 Å². The summed E-state index contributed by atoms with van der Waals surface area (Å²) >= 11 is 13.3. The Hall–Kier alpha value is -1.95. The third-order valence-corrected chi connectivity index (χ3v) is 4.24. The van der Waals surface area contributed by atoms with Gasteiger partial charge in [0.15, 0.2) is 5.01 Å². The number of phenols is 1. The molecule has 0 aliphatic rings. The second kappa shape index (κ2) is 6.44. The van der Waals surface area contributed by atoms with Gasteiger partial charge < -0.3 is 5.11 Å². The third-order valence-electron chi connectivity index (χ3n) is 2.83. The van der Waals surface area contributed by atoms with E-state index >= 15 is 0 Å². The summed E-state index contributed by atoms with van der Waals surface area (Å²) in [5.74, 6) is 0.164. The summed E-state index contributed by atoms with van der Waals surface area (Å²) in [4.78, 5) is 4.22. The second-order valence-corrected chi connectivity index (χ2v) is 6.13. The smallest absolute Gasteiger partial charge is 0.231 e. The van der Waals surface area contributed by atoms with Crippen LogP contribution in [0, 0.1) is 0 Å². The van der Waals surface area contributed by atoms with E-state index in [-0.39, 0.29) is 5.75 Å². The van der Waals surface area contributed by atoms with Crippen molar-refractivity contribution in [3.63, 3.8) is 0 Å². The molecule has 0 aliphatic carbocycles. The van der Waals surface area contributed by atoms with Crippen molar-refractivity contribution in [2.24, 2.45) is 4.99 Å². The van der Waals surface area contributed by atoms with Crippen LogP contribution >= 0.6 is 34.5 Å². The highest BCUT2D eigenvalue weighted by molar-refractivity contribution is 7.18. The number of halogens is 2. The summed E-state index contributed by atoms with van der Waals surface area (Å²) in [5.41, 5.74) is 1.37. The summed E-state index contributed by atoms with van der Waals surface area (Å²) in [5, 5.41) is 20.0. The minimum atomic E-state index is 0.164. The van der Waals surface area contributed by atoms with Gasteiger partial charge >= 0.3 is 0 Å². The minimum Gasteiger partial charge on any atom is -0.507 e. The molecular formula is C15H9Cl2N3OS. The molecule has 0 radical (unpaired) electrons. The molecule has 0 spiro atoms. The summed E-state index contributed by atoms with van der Waals surface area (Å²) in [6.07, 6.45) is 1.54. The van der Waals surface area contributed by atoms with Gasteiger partial charge in [0.2, 0.25) is 5.13 Å². The van der Waals surface area contributed by atoms with Crippen molar-refractivity contribution >= 4 is 45.9 Å². The zero-order valence-electron chi connectivity index (χ0n) is 11.1. The number of hydrogen-bond acceptors (Lipinski definition) is 5. The van der Waals surface area contributed by atoms with Crippen LogP contribution in [0.2, 0.25) is 10.0 Å². The summed E-state index contributed by atoms with van der Waals surface area (Å²) in [6.45, 7) is 0. The zero-order valence-corrected chi connectivity index (χ0v) is 13.4. The number of hydrogen-bond donors (Lipinski definition) is 1. The van der Waals surface area contributed by atoms with Crippen LogP contribution in [-0.4, -0.2) is 21.5 Å². The van der Waals surface area contributed by atoms with Gasteiger partial charge in [0.1, 0.15) is 5.75 Å². The fourth-order valence-electron chi connectivity index (χ4n) is 1.76. The van der Waals surface area contributed by atoms with Crippen molar-refractivity contribution in [3.05, 3.63) is 58.1 Å². The van der Waals surface area contributed by atoms with Crippen LogP contribution in [0.3, 0.4) is 0 Å². The Balaban J connectivity index is 1.86. The third kappa shape index (κ3) is 3.27. The quantitative estimate of drug-likeness (QED) is 0.679. The lowest BCUT2D eigenvalue weighted by Gasteiger charge is -1.99. The number of benzene rings is 2. The van der Waals surface area contributed by atoms with Gasteiger partial charge in [-0.3, -0.25) is 0 Å². The number of aromatic hydroxyl groups is 1. The number of phenolic OH excluding ortho intramolecular Hbond substituents is 1. The lowest BCUT2D eigenvalue weighted by atomic mass is 10.2. The predicted octanol–water partition coefficient (Wildman–Crippen LogP) is 4.97. The van der Waals surface area contributed by atoms with Gasteiger partial charge in [0, 0.05) is 22.4 Å². The van der Waals surface area contributed by atoms with Gasteiger partial charge in [-0.25, -0.2) is 4.99 Å². The molecule has 1 heterocycles. The highest BCUT2D eigenvalue weighted by Gasteiger charge is 2.10. The zero-order chi connectivity index (χ0) is 15.5. The summed E-state index contributed by atoms with van der Waals surface area (Å²) < 4.78 is 0. The van der Waals surface area contributed by atoms with Crippen LogP contribution in [-0.2, 0) is 0 Å². The summed E-state index contributed by atoms with van der Waals surface area (Å²) in [7, 11) is 0. The highest BCUT2D eigenvalue weighted by atomic mass is 35.5. The van der Waals surface area contributed by atoms with E-state index in [2.05, 4.69) is 15.2 Å². The maximum atomic E-state index is 9.68. The van der Waals surface area contributed by atoms with E-state index in [1.54, 1.807) is 42.6 Å². The van der Waals surface area contributed by atoms with Crippen LogP contribution in [0.25, 0.3) is 10.6 Å². The van der Waals surface area contributed by atoms with E-state index in [0.717, 1.165) is 5.56 Å². The first-order valence-corrected chi connectivity index (χ1v) is 7.82. The molecule has 7 heteroatoms.